The van der Waals surface area contributed by atoms with Crippen molar-refractivity contribution in [2.24, 2.45) is 0 Å². The van der Waals surface area contributed by atoms with E-state index in [-0.39, 0.29) is 67.1 Å². The normalized spacial score (nSPS) is 17.7. The Bertz CT molecular complexity index is 1490. The maximum atomic E-state index is 13.5. The summed E-state index contributed by atoms with van der Waals surface area (Å²) in [6.07, 6.45) is 1.67. The second-order valence-electron chi connectivity index (χ2n) is 11.1. The molecule has 0 bridgehead atoms. The molecule has 10 nitrogen and oxygen atoms in total. The van der Waals surface area contributed by atoms with E-state index in [1.807, 2.05) is 17.0 Å². The van der Waals surface area contributed by atoms with Crippen LogP contribution in [0.4, 0.5) is 0 Å². The Morgan fingerprint density at radius 3 is 1.89 bits per heavy atom. The first-order valence-electron chi connectivity index (χ1n) is 14.9. The number of amides is 1. The Balaban J connectivity index is 0.00000200. The van der Waals surface area contributed by atoms with Crippen molar-refractivity contribution < 1.29 is 19.0 Å². The number of methoxy groups -OCH3 is 3. The van der Waals surface area contributed by atoms with Crippen molar-refractivity contribution in [3.63, 3.8) is 0 Å². The van der Waals surface area contributed by atoms with Gasteiger partial charge < -0.3 is 19.1 Å². The Morgan fingerprint density at radius 1 is 0.766 bits per heavy atom. The molecule has 0 spiro atoms. The number of pyridine rings is 1. The van der Waals surface area contributed by atoms with Crippen LogP contribution in [0, 0.1) is 0 Å². The first-order chi connectivity index (χ1) is 21.6. The summed E-state index contributed by atoms with van der Waals surface area (Å²) in [6, 6.07) is 27.3. The molecule has 0 radical (unpaired) electrons. The van der Waals surface area contributed by atoms with Gasteiger partial charge in [0, 0.05) is 63.5 Å². The summed E-state index contributed by atoms with van der Waals surface area (Å²) in [5.74, 6) is 0.932. The quantitative estimate of drug-likeness (QED) is 0.239. The van der Waals surface area contributed by atoms with Crippen LogP contribution in [-0.2, 0) is 6.54 Å². The van der Waals surface area contributed by atoms with Crippen molar-refractivity contribution in [1.82, 2.24) is 29.7 Å². The molecule has 4 aromatic rings. The molecule has 2 atom stereocenters. The van der Waals surface area contributed by atoms with E-state index in [1.165, 1.54) is 18.2 Å². The maximum absolute atomic E-state index is 13.5. The fourth-order valence-electron chi connectivity index (χ4n) is 6.64. The maximum Gasteiger partial charge on any atom is 0.322 e. The van der Waals surface area contributed by atoms with Gasteiger partial charge in [-0.1, -0.05) is 66.7 Å². The molecule has 252 valence electrons. The molecule has 13 heteroatoms. The van der Waals surface area contributed by atoms with E-state index in [0.29, 0.717) is 37.1 Å². The number of hydrogen-bond donors (Lipinski definition) is 0. The van der Waals surface area contributed by atoms with Crippen LogP contribution in [0.25, 0.3) is 0 Å². The van der Waals surface area contributed by atoms with Gasteiger partial charge in [0.15, 0.2) is 0 Å². The highest BCUT2D eigenvalue weighted by molar-refractivity contribution is 5.92. The molecular weight excluding hydrogens is 663 g/mol. The summed E-state index contributed by atoms with van der Waals surface area (Å²) < 4.78 is 16.6. The molecule has 4 heterocycles. The zero-order valence-corrected chi connectivity index (χ0v) is 29.0. The Hall–Kier alpha value is -3.67. The van der Waals surface area contributed by atoms with Crippen LogP contribution in [-0.4, -0.2) is 102 Å². The third kappa shape index (κ3) is 8.25. The average molecular weight is 704 g/mol. The molecule has 2 aromatic heterocycles. The first kappa shape index (κ1) is 37.8. The molecule has 6 rings (SSSR count). The molecule has 47 heavy (non-hydrogen) atoms. The van der Waals surface area contributed by atoms with Crippen molar-refractivity contribution >= 4 is 43.1 Å². The SMILES string of the molecule is COc1nc(OC)c(CN2C[C@@H]3CN(C(=O)c4ccccn4)CCN3[C@H](C(c3ccccc3)c3ccccc3)C2)c(OC)n1.Cl.Cl.Cl. The van der Waals surface area contributed by atoms with Gasteiger partial charge in [0.25, 0.3) is 5.91 Å². The third-order valence-corrected chi connectivity index (χ3v) is 8.60. The van der Waals surface area contributed by atoms with Crippen LogP contribution in [0.1, 0.15) is 33.1 Å². The number of halogens is 3. The van der Waals surface area contributed by atoms with Gasteiger partial charge in [-0.15, -0.1) is 37.2 Å². The lowest BCUT2D eigenvalue weighted by Crippen LogP contribution is -2.67. The van der Waals surface area contributed by atoms with E-state index in [1.54, 1.807) is 26.5 Å². The Labute approximate surface area is 294 Å². The van der Waals surface area contributed by atoms with Gasteiger partial charge in [-0.3, -0.25) is 19.6 Å². The van der Waals surface area contributed by atoms with Crippen molar-refractivity contribution in [3.8, 4) is 17.8 Å². The number of benzene rings is 2. The smallest absolute Gasteiger partial charge is 0.322 e. The van der Waals surface area contributed by atoms with Crippen LogP contribution < -0.4 is 14.2 Å². The molecule has 2 aromatic carbocycles. The van der Waals surface area contributed by atoms with Gasteiger partial charge in [-0.05, 0) is 23.3 Å². The average Bonchev–Trinajstić information content (AvgIpc) is 3.09. The van der Waals surface area contributed by atoms with E-state index in [4.69, 9.17) is 14.2 Å². The molecule has 0 saturated carbocycles. The summed E-state index contributed by atoms with van der Waals surface area (Å²) in [5, 5.41) is 0. The number of ether oxygens (including phenoxy) is 3. The van der Waals surface area contributed by atoms with Crippen molar-refractivity contribution in [2.75, 3.05) is 54.1 Å². The van der Waals surface area contributed by atoms with Crippen LogP contribution in [0.2, 0.25) is 0 Å². The number of rotatable bonds is 9. The first-order valence-corrected chi connectivity index (χ1v) is 14.9. The minimum atomic E-state index is -0.0338. The number of carbonyl (C=O) groups excluding carboxylic acids is 1. The molecule has 0 N–H and O–H groups in total. The molecule has 1 amide bonds. The van der Waals surface area contributed by atoms with Crippen LogP contribution in [0.3, 0.4) is 0 Å². The van der Waals surface area contributed by atoms with Gasteiger partial charge in [-0.2, -0.15) is 9.97 Å². The van der Waals surface area contributed by atoms with Gasteiger partial charge in [0.1, 0.15) is 5.69 Å². The van der Waals surface area contributed by atoms with E-state index < -0.39 is 0 Å². The van der Waals surface area contributed by atoms with Crippen LogP contribution >= 0.6 is 37.2 Å². The minimum Gasteiger partial charge on any atom is -0.481 e. The minimum absolute atomic E-state index is 0. The molecule has 2 fully saturated rings. The lowest BCUT2D eigenvalue weighted by atomic mass is 9.81. The highest BCUT2D eigenvalue weighted by atomic mass is 35.5. The lowest BCUT2D eigenvalue weighted by molar-refractivity contribution is -0.0293. The number of nitrogens with zero attached hydrogens (tertiary/aromatic N) is 6. The zero-order chi connectivity index (χ0) is 30.5. The van der Waals surface area contributed by atoms with Gasteiger partial charge in [0.2, 0.25) is 11.8 Å². The van der Waals surface area contributed by atoms with Crippen LogP contribution in [0.15, 0.2) is 85.1 Å². The fourth-order valence-corrected chi connectivity index (χ4v) is 6.64. The third-order valence-electron chi connectivity index (χ3n) is 8.60. The van der Waals surface area contributed by atoms with E-state index >= 15 is 0 Å². The predicted octanol–water partition coefficient (Wildman–Crippen LogP) is 5.01. The molecular formula is C34H41Cl3N6O4. The van der Waals surface area contributed by atoms with Crippen LogP contribution in [0.5, 0.6) is 17.8 Å². The summed E-state index contributed by atoms with van der Waals surface area (Å²) in [6.45, 7) is 4.07. The van der Waals surface area contributed by atoms with Gasteiger partial charge >= 0.3 is 6.01 Å². The Morgan fingerprint density at radius 2 is 1.36 bits per heavy atom. The van der Waals surface area contributed by atoms with Crippen molar-refractivity contribution in [1.29, 1.82) is 0 Å². The number of hydrogen-bond acceptors (Lipinski definition) is 9. The standard InChI is InChI=1S/C34H38N6O4.3ClH/c1-42-31-27(32(43-2)37-34(36-31)44-3)22-38-20-26-21-39(33(41)28-16-10-11-17-35-28)18-19-40(26)29(23-38)30(24-12-6-4-7-13-24)25-14-8-5-9-15-25;;;/h4-17,26,29-30H,18-23H2,1-3H3;3*1H/t26-,29+;;;/m1.../s1. The summed E-state index contributed by atoms with van der Waals surface area (Å²) in [5.41, 5.74) is 3.76. The largest absolute Gasteiger partial charge is 0.481 e. The van der Waals surface area contributed by atoms with Gasteiger partial charge in [-0.25, -0.2) is 0 Å². The summed E-state index contributed by atoms with van der Waals surface area (Å²) >= 11 is 0. The number of fused-ring (bicyclic) bond motifs is 1. The zero-order valence-electron chi connectivity index (χ0n) is 26.6. The molecule has 2 aliphatic rings. The summed E-state index contributed by atoms with van der Waals surface area (Å²) in [7, 11) is 4.70. The molecule has 0 aliphatic carbocycles. The van der Waals surface area contributed by atoms with E-state index in [2.05, 4.69) is 85.4 Å². The number of aromatic nitrogens is 3. The number of piperazine rings is 2. The monoisotopic (exact) mass is 702 g/mol. The van der Waals surface area contributed by atoms with Gasteiger partial charge in [0.05, 0.1) is 26.9 Å². The highest BCUT2D eigenvalue weighted by Crippen LogP contribution is 2.37. The number of carbonyl (C=O) groups is 1. The lowest BCUT2D eigenvalue weighted by Gasteiger charge is -2.53. The molecule has 2 aliphatic heterocycles. The van der Waals surface area contributed by atoms with Crippen molar-refractivity contribution in [2.45, 2.75) is 24.5 Å². The fraction of sp³-hybridized carbons (Fsp3) is 0.353. The van der Waals surface area contributed by atoms with Crippen molar-refractivity contribution in [3.05, 3.63) is 107 Å². The Kier molecular flexibility index (Phi) is 14.0. The summed E-state index contributed by atoms with van der Waals surface area (Å²) in [4.78, 5) is 33.7. The second kappa shape index (κ2) is 17.5. The predicted molar refractivity (Wildman–Crippen MR) is 188 cm³/mol. The van der Waals surface area contributed by atoms with E-state index in [0.717, 1.165) is 25.2 Å². The molecule has 0 unspecified atom stereocenters. The van der Waals surface area contributed by atoms with E-state index in [9.17, 15) is 4.79 Å². The second-order valence-corrected chi connectivity index (χ2v) is 11.1. The topological polar surface area (TPSA) is 93.2 Å². The highest BCUT2D eigenvalue weighted by Gasteiger charge is 2.43. The molecule has 2 saturated heterocycles.